The molecule has 1 aromatic heterocycles. The van der Waals surface area contributed by atoms with E-state index in [9.17, 15) is 4.79 Å². The second-order valence-corrected chi connectivity index (χ2v) is 7.77. The lowest BCUT2D eigenvalue weighted by atomic mass is 9.74. The molecular weight excluding hydrogens is 314 g/mol. The van der Waals surface area contributed by atoms with E-state index >= 15 is 0 Å². The number of carbonyl (C=O) groups excluding carboxylic acids is 1. The predicted molar refractivity (Wildman–Crippen MR) is 91.3 cm³/mol. The number of thiazole rings is 1. The zero-order chi connectivity index (χ0) is 14.9. The Morgan fingerprint density at radius 2 is 2.36 bits per heavy atom. The van der Waals surface area contributed by atoms with Crippen molar-refractivity contribution in [2.75, 3.05) is 5.75 Å². The minimum Gasteiger partial charge on any atom is -0.272 e. The Morgan fingerprint density at radius 1 is 1.45 bits per heavy atom. The Bertz CT molecular complexity index is 748. The van der Waals surface area contributed by atoms with Crippen molar-refractivity contribution in [2.45, 2.75) is 17.2 Å². The Morgan fingerprint density at radius 3 is 3.23 bits per heavy atom. The standard InChI is InChI=1S/C16H15N3OS2/c20-15(19-18-13-8-10-4-3-5-11(10)13)9-21-16-17-12-6-1-2-7-14(12)22-16/h1-4,6-7,10-11H,5,8-9H2,(H,19,20)/b18-13+. The molecule has 4 rings (SSSR count). The molecule has 0 aliphatic heterocycles. The maximum Gasteiger partial charge on any atom is 0.250 e. The fourth-order valence-electron chi connectivity index (χ4n) is 2.87. The molecule has 2 atom stereocenters. The monoisotopic (exact) mass is 329 g/mol. The molecule has 22 heavy (non-hydrogen) atoms. The molecule has 1 heterocycles. The van der Waals surface area contributed by atoms with Gasteiger partial charge < -0.3 is 0 Å². The zero-order valence-corrected chi connectivity index (χ0v) is 13.5. The van der Waals surface area contributed by atoms with Gasteiger partial charge in [-0.15, -0.1) is 11.3 Å². The molecule has 1 fully saturated rings. The molecule has 1 amide bonds. The minimum atomic E-state index is -0.0637. The van der Waals surface area contributed by atoms with Gasteiger partial charge >= 0.3 is 0 Å². The van der Waals surface area contributed by atoms with Crippen molar-refractivity contribution in [1.82, 2.24) is 10.4 Å². The minimum absolute atomic E-state index is 0.0637. The normalized spacial score (nSPS) is 24.5. The first-order valence-corrected chi connectivity index (χ1v) is 9.10. The number of fused-ring (bicyclic) bond motifs is 2. The Labute approximate surface area is 136 Å². The number of allylic oxidation sites excluding steroid dienone is 2. The summed E-state index contributed by atoms with van der Waals surface area (Å²) in [6.07, 6.45) is 6.53. The SMILES string of the molecule is O=C(CSc1nc2ccccc2s1)N/N=C1\CC2C=CCC12. The number of nitrogens with zero attached hydrogens (tertiary/aromatic N) is 2. The lowest BCUT2D eigenvalue weighted by Gasteiger charge is -2.31. The molecule has 1 N–H and O–H groups in total. The largest absolute Gasteiger partial charge is 0.272 e. The van der Waals surface area contributed by atoms with Crippen LogP contribution >= 0.6 is 23.1 Å². The highest BCUT2D eigenvalue weighted by molar-refractivity contribution is 8.01. The van der Waals surface area contributed by atoms with Crippen LogP contribution in [0.15, 0.2) is 45.9 Å². The number of rotatable bonds is 4. The highest BCUT2D eigenvalue weighted by Gasteiger charge is 2.37. The van der Waals surface area contributed by atoms with Crippen LogP contribution in [0.5, 0.6) is 0 Å². The fraction of sp³-hybridized carbons (Fsp3) is 0.312. The van der Waals surface area contributed by atoms with Gasteiger partial charge in [-0.1, -0.05) is 36.0 Å². The van der Waals surface area contributed by atoms with E-state index in [1.807, 2.05) is 24.3 Å². The lowest BCUT2D eigenvalue weighted by molar-refractivity contribution is -0.118. The van der Waals surface area contributed by atoms with Gasteiger partial charge in [0.25, 0.3) is 5.91 Å². The summed E-state index contributed by atoms with van der Waals surface area (Å²) < 4.78 is 2.08. The number of benzene rings is 1. The maximum atomic E-state index is 11.9. The summed E-state index contributed by atoms with van der Waals surface area (Å²) in [4.78, 5) is 16.4. The summed E-state index contributed by atoms with van der Waals surface area (Å²) in [5.41, 5.74) is 4.80. The van der Waals surface area contributed by atoms with Crippen molar-refractivity contribution in [3.8, 4) is 0 Å². The van der Waals surface area contributed by atoms with E-state index in [1.54, 1.807) is 11.3 Å². The number of aromatic nitrogens is 1. The van der Waals surface area contributed by atoms with Crippen molar-refractivity contribution in [1.29, 1.82) is 0 Å². The van der Waals surface area contributed by atoms with E-state index in [-0.39, 0.29) is 5.91 Å². The summed E-state index contributed by atoms with van der Waals surface area (Å²) in [7, 11) is 0. The second-order valence-electron chi connectivity index (χ2n) is 5.51. The van der Waals surface area contributed by atoms with Gasteiger partial charge in [0.2, 0.25) is 0 Å². The summed E-state index contributed by atoms with van der Waals surface area (Å²) in [5, 5.41) is 4.27. The topological polar surface area (TPSA) is 54.4 Å². The maximum absolute atomic E-state index is 11.9. The van der Waals surface area contributed by atoms with Gasteiger partial charge in [-0.25, -0.2) is 10.4 Å². The number of para-hydroxylation sites is 1. The highest BCUT2D eigenvalue weighted by Crippen LogP contribution is 2.40. The third-order valence-electron chi connectivity index (χ3n) is 4.09. The predicted octanol–water partition coefficient (Wildman–Crippen LogP) is 3.46. The lowest BCUT2D eigenvalue weighted by Crippen LogP contribution is -2.35. The van der Waals surface area contributed by atoms with E-state index in [4.69, 9.17) is 0 Å². The number of hydrogen-bond donors (Lipinski definition) is 1. The van der Waals surface area contributed by atoms with Gasteiger partial charge in [-0.3, -0.25) is 4.79 Å². The van der Waals surface area contributed by atoms with E-state index < -0.39 is 0 Å². The third kappa shape index (κ3) is 2.68. The molecule has 112 valence electrons. The second kappa shape index (κ2) is 5.85. The van der Waals surface area contributed by atoms with Crippen LogP contribution < -0.4 is 5.43 Å². The Balaban J connectivity index is 1.30. The van der Waals surface area contributed by atoms with E-state index in [2.05, 4.69) is 27.7 Å². The first kappa shape index (κ1) is 14.0. The average Bonchev–Trinajstić information content (AvgIpc) is 3.09. The van der Waals surface area contributed by atoms with Crippen LogP contribution in [0.3, 0.4) is 0 Å². The average molecular weight is 329 g/mol. The molecule has 0 spiro atoms. The zero-order valence-electron chi connectivity index (χ0n) is 11.9. The molecule has 2 aliphatic carbocycles. The number of hydrazone groups is 1. The first-order valence-electron chi connectivity index (χ1n) is 7.30. The molecule has 4 nitrogen and oxygen atoms in total. The summed E-state index contributed by atoms with van der Waals surface area (Å²) >= 11 is 3.08. The van der Waals surface area contributed by atoms with E-state index in [0.29, 0.717) is 17.6 Å². The van der Waals surface area contributed by atoms with Gasteiger partial charge in [0.1, 0.15) is 0 Å². The molecule has 0 bridgehead atoms. The van der Waals surface area contributed by atoms with Gasteiger partial charge in [-0.2, -0.15) is 5.10 Å². The van der Waals surface area contributed by atoms with Crippen LogP contribution in [0.2, 0.25) is 0 Å². The van der Waals surface area contributed by atoms with Crippen LogP contribution in [0, 0.1) is 11.8 Å². The van der Waals surface area contributed by atoms with Gasteiger partial charge in [0.15, 0.2) is 4.34 Å². The van der Waals surface area contributed by atoms with Crippen molar-refractivity contribution in [2.24, 2.45) is 16.9 Å². The molecule has 2 aromatic rings. The van der Waals surface area contributed by atoms with Crippen molar-refractivity contribution >= 4 is 44.9 Å². The Kier molecular flexibility index (Phi) is 3.72. The van der Waals surface area contributed by atoms with Crippen LogP contribution in [0.1, 0.15) is 12.8 Å². The number of carbonyl (C=O) groups is 1. The van der Waals surface area contributed by atoms with Gasteiger partial charge in [0.05, 0.1) is 16.0 Å². The number of hydrogen-bond acceptors (Lipinski definition) is 5. The van der Waals surface area contributed by atoms with E-state index in [1.165, 1.54) is 11.8 Å². The molecule has 1 saturated carbocycles. The molecule has 1 aromatic carbocycles. The van der Waals surface area contributed by atoms with Crippen molar-refractivity contribution in [3.05, 3.63) is 36.4 Å². The summed E-state index contributed by atoms with van der Waals surface area (Å²) in [6, 6.07) is 8.01. The molecule has 0 saturated heterocycles. The molecule has 2 aliphatic rings. The quantitative estimate of drug-likeness (QED) is 0.531. The van der Waals surface area contributed by atoms with Crippen LogP contribution in [-0.4, -0.2) is 22.4 Å². The smallest absolute Gasteiger partial charge is 0.250 e. The van der Waals surface area contributed by atoms with E-state index in [0.717, 1.165) is 33.1 Å². The number of nitrogens with one attached hydrogen (secondary N) is 1. The Hall–Kier alpha value is -1.66. The highest BCUT2D eigenvalue weighted by atomic mass is 32.2. The molecular formula is C16H15N3OS2. The van der Waals surface area contributed by atoms with Crippen molar-refractivity contribution in [3.63, 3.8) is 0 Å². The molecule has 0 radical (unpaired) electrons. The number of amides is 1. The first-order chi connectivity index (χ1) is 10.8. The van der Waals surface area contributed by atoms with Crippen molar-refractivity contribution < 1.29 is 4.79 Å². The van der Waals surface area contributed by atoms with Gasteiger partial charge in [0, 0.05) is 11.6 Å². The molecule has 2 unspecified atom stereocenters. The van der Waals surface area contributed by atoms with Crippen LogP contribution in [0.25, 0.3) is 10.2 Å². The van der Waals surface area contributed by atoms with Crippen LogP contribution in [-0.2, 0) is 4.79 Å². The van der Waals surface area contributed by atoms with Gasteiger partial charge in [-0.05, 0) is 30.9 Å². The van der Waals surface area contributed by atoms with Crippen LogP contribution in [0.4, 0.5) is 0 Å². The summed E-state index contributed by atoms with van der Waals surface area (Å²) in [5.74, 6) is 1.49. The fourth-order valence-corrected chi connectivity index (χ4v) is 4.73. The number of thioether (sulfide) groups is 1. The molecule has 6 heteroatoms. The third-order valence-corrected chi connectivity index (χ3v) is 6.27. The summed E-state index contributed by atoms with van der Waals surface area (Å²) in [6.45, 7) is 0.